The van der Waals surface area contributed by atoms with Gasteiger partial charge < -0.3 is 10.5 Å². The second-order valence-electron chi connectivity index (χ2n) is 5.01. The SMILES string of the molecule is CCCCCCCCCCOc1cc(N)ccc1Br. The minimum atomic E-state index is 0.745. The summed E-state index contributed by atoms with van der Waals surface area (Å²) in [5, 5.41) is 0. The van der Waals surface area contributed by atoms with Gasteiger partial charge in [0, 0.05) is 11.8 Å². The summed E-state index contributed by atoms with van der Waals surface area (Å²) in [6.07, 6.45) is 10.5. The number of anilines is 1. The van der Waals surface area contributed by atoms with Gasteiger partial charge in [-0.2, -0.15) is 0 Å². The maximum atomic E-state index is 5.74. The molecule has 0 aliphatic carbocycles. The van der Waals surface area contributed by atoms with E-state index < -0.39 is 0 Å². The van der Waals surface area contributed by atoms with E-state index >= 15 is 0 Å². The predicted molar refractivity (Wildman–Crippen MR) is 86.7 cm³/mol. The van der Waals surface area contributed by atoms with Crippen molar-refractivity contribution < 1.29 is 4.74 Å². The smallest absolute Gasteiger partial charge is 0.135 e. The van der Waals surface area contributed by atoms with Crippen LogP contribution in [0.4, 0.5) is 5.69 Å². The molecular formula is C16H26BrNO. The first-order valence-corrected chi connectivity index (χ1v) is 8.21. The van der Waals surface area contributed by atoms with Crippen LogP contribution in [-0.2, 0) is 0 Å². The van der Waals surface area contributed by atoms with Gasteiger partial charge in [-0.25, -0.2) is 0 Å². The second-order valence-corrected chi connectivity index (χ2v) is 5.87. The Labute approximate surface area is 125 Å². The Hall–Kier alpha value is -0.700. The van der Waals surface area contributed by atoms with Crippen LogP contribution in [0.5, 0.6) is 5.75 Å². The van der Waals surface area contributed by atoms with Gasteiger partial charge in [-0.1, -0.05) is 51.9 Å². The average Bonchev–Trinajstić information content (AvgIpc) is 2.40. The summed E-state index contributed by atoms with van der Waals surface area (Å²) in [4.78, 5) is 0. The zero-order valence-corrected chi connectivity index (χ0v) is 13.5. The summed E-state index contributed by atoms with van der Waals surface area (Å²) in [7, 11) is 0. The van der Waals surface area contributed by atoms with Crippen molar-refractivity contribution in [2.45, 2.75) is 58.3 Å². The Morgan fingerprint density at radius 1 is 1.00 bits per heavy atom. The van der Waals surface area contributed by atoms with Gasteiger partial charge in [0.05, 0.1) is 11.1 Å². The van der Waals surface area contributed by atoms with Gasteiger partial charge in [0.25, 0.3) is 0 Å². The maximum absolute atomic E-state index is 5.74. The predicted octanol–water partition coefficient (Wildman–Crippen LogP) is 5.55. The molecule has 19 heavy (non-hydrogen) atoms. The van der Waals surface area contributed by atoms with Crippen molar-refractivity contribution in [3.05, 3.63) is 22.7 Å². The zero-order valence-electron chi connectivity index (χ0n) is 12.0. The molecule has 2 N–H and O–H groups in total. The number of rotatable bonds is 10. The van der Waals surface area contributed by atoms with Crippen molar-refractivity contribution in [1.29, 1.82) is 0 Å². The van der Waals surface area contributed by atoms with E-state index in [1.165, 1.54) is 44.9 Å². The van der Waals surface area contributed by atoms with E-state index in [1.807, 2.05) is 18.2 Å². The van der Waals surface area contributed by atoms with Crippen molar-refractivity contribution >= 4 is 21.6 Å². The van der Waals surface area contributed by atoms with E-state index in [1.54, 1.807) is 0 Å². The number of nitrogens with two attached hydrogens (primary N) is 1. The second kappa shape index (κ2) is 10.1. The molecular weight excluding hydrogens is 302 g/mol. The maximum Gasteiger partial charge on any atom is 0.135 e. The van der Waals surface area contributed by atoms with Crippen molar-refractivity contribution in [2.75, 3.05) is 12.3 Å². The Morgan fingerprint density at radius 3 is 2.32 bits per heavy atom. The Kier molecular flexibility index (Phi) is 8.72. The Balaban J connectivity index is 2.03. The summed E-state index contributed by atoms with van der Waals surface area (Å²) in [5.74, 6) is 0.850. The lowest BCUT2D eigenvalue weighted by atomic mass is 10.1. The quantitative estimate of drug-likeness (QED) is 0.451. The van der Waals surface area contributed by atoms with Crippen LogP contribution in [-0.4, -0.2) is 6.61 Å². The van der Waals surface area contributed by atoms with Gasteiger partial charge in [-0.3, -0.25) is 0 Å². The minimum Gasteiger partial charge on any atom is -0.492 e. The van der Waals surface area contributed by atoms with Crippen molar-refractivity contribution in [3.8, 4) is 5.75 Å². The summed E-state index contributed by atoms with van der Waals surface area (Å²) in [6, 6.07) is 5.67. The number of nitrogen functional groups attached to an aromatic ring is 1. The number of unbranched alkanes of at least 4 members (excludes halogenated alkanes) is 7. The summed E-state index contributed by atoms with van der Waals surface area (Å²) in [6.45, 7) is 3.03. The topological polar surface area (TPSA) is 35.2 Å². The molecule has 1 rings (SSSR count). The highest BCUT2D eigenvalue weighted by Crippen LogP contribution is 2.27. The van der Waals surface area contributed by atoms with Crippen LogP contribution in [0.15, 0.2) is 22.7 Å². The fraction of sp³-hybridized carbons (Fsp3) is 0.625. The van der Waals surface area contributed by atoms with E-state index in [0.717, 1.165) is 28.9 Å². The molecule has 0 amide bonds. The van der Waals surface area contributed by atoms with Crippen LogP contribution in [0.3, 0.4) is 0 Å². The summed E-state index contributed by atoms with van der Waals surface area (Å²) >= 11 is 3.47. The van der Waals surface area contributed by atoms with E-state index in [2.05, 4.69) is 22.9 Å². The van der Waals surface area contributed by atoms with Crippen molar-refractivity contribution in [1.82, 2.24) is 0 Å². The lowest BCUT2D eigenvalue weighted by Gasteiger charge is -2.08. The van der Waals surface area contributed by atoms with Crippen LogP contribution in [0.2, 0.25) is 0 Å². The van der Waals surface area contributed by atoms with E-state index in [4.69, 9.17) is 10.5 Å². The highest BCUT2D eigenvalue weighted by molar-refractivity contribution is 9.10. The fourth-order valence-corrected chi connectivity index (χ4v) is 2.41. The third-order valence-corrected chi connectivity index (χ3v) is 3.87. The first-order chi connectivity index (χ1) is 9.24. The first-order valence-electron chi connectivity index (χ1n) is 7.42. The van der Waals surface area contributed by atoms with Gasteiger partial charge in [-0.05, 0) is 34.5 Å². The number of ether oxygens (including phenoxy) is 1. The molecule has 0 radical (unpaired) electrons. The molecule has 3 heteroatoms. The van der Waals surface area contributed by atoms with Crippen molar-refractivity contribution in [3.63, 3.8) is 0 Å². The molecule has 0 saturated carbocycles. The van der Waals surface area contributed by atoms with Gasteiger partial charge >= 0.3 is 0 Å². The van der Waals surface area contributed by atoms with Crippen LogP contribution in [0, 0.1) is 0 Å². The molecule has 0 fully saturated rings. The molecule has 0 bridgehead atoms. The lowest BCUT2D eigenvalue weighted by Crippen LogP contribution is -1.98. The molecule has 0 aliphatic rings. The van der Waals surface area contributed by atoms with Gasteiger partial charge in [0.1, 0.15) is 5.75 Å². The minimum absolute atomic E-state index is 0.745. The molecule has 0 saturated heterocycles. The molecule has 0 spiro atoms. The molecule has 0 atom stereocenters. The number of hydrogen-bond acceptors (Lipinski definition) is 2. The Bertz CT molecular complexity index is 355. The van der Waals surface area contributed by atoms with Crippen LogP contribution >= 0.6 is 15.9 Å². The molecule has 0 aromatic heterocycles. The van der Waals surface area contributed by atoms with Gasteiger partial charge in [0.2, 0.25) is 0 Å². The third-order valence-electron chi connectivity index (χ3n) is 3.21. The van der Waals surface area contributed by atoms with E-state index in [-0.39, 0.29) is 0 Å². The number of hydrogen-bond donors (Lipinski definition) is 1. The highest BCUT2D eigenvalue weighted by atomic mass is 79.9. The molecule has 108 valence electrons. The average molecular weight is 328 g/mol. The molecule has 2 nitrogen and oxygen atoms in total. The summed E-state index contributed by atoms with van der Waals surface area (Å²) < 4.78 is 6.71. The molecule has 1 aromatic rings. The van der Waals surface area contributed by atoms with Crippen LogP contribution < -0.4 is 10.5 Å². The van der Waals surface area contributed by atoms with Gasteiger partial charge in [-0.15, -0.1) is 0 Å². The number of benzene rings is 1. The van der Waals surface area contributed by atoms with Crippen LogP contribution in [0.1, 0.15) is 58.3 Å². The first kappa shape index (κ1) is 16.4. The standard InChI is InChI=1S/C16H26BrNO/c1-2-3-4-5-6-7-8-9-12-19-16-13-14(18)10-11-15(16)17/h10-11,13H,2-9,12,18H2,1H3. The third kappa shape index (κ3) is 7.46. The zero-order chi connectivity index (χ0) is 13.9. The molecule has 0 aliphatic heterocycles. The van der Waals surface area contributed by atoms with Gasteiger partial charge in [0.15, 0.2) is 0 Å². The monoisotopic (exact) mass is 327 g/mol. The van der Waals surface area contributed by atoms with E-state index in [0.29, 0.717) is 0 Å². The molecule has 1 aromatic carbocycles. The number of halogens is 1. The van der Waals surface area contributed by atoms with E-state index in [9.17, 15) is 0 Å². The normalized spacial score (nSPS) is 10.6. The molecule has 0 heterocycles. The highest BCUT2D eigenvalue weighted by Gasteiger charge is 2.01. The summed E-state index contributed by atoms with van der Waals surface area (Å²) in [5.41, 5.74) is 6.48. The van der Waals surface area contributed by atoms with Crippen molar-refractivity contribution in [2.24, 2.45) is 0 Å². The molecule has 0 unspecified atom stereocenters. The lowest BCUT2D eigenvalue weighted by molar-refractivity contribution is 0.302. The largest absolute Gasteiger partial charge is 0.492 e. The Morgan fingerprint density at radius 2 is 1.63 bits per heavy atom. The van der Waals surface area contributed by atoms with Crippen LogP contribution in [0.25, 0.3) is 0 Å². The fourth-order valence-electron chi connectivity index (χ4n) is 2.05.